The van der Waals surface area contributed by atoms with Gasteiger partial charge in [-0.1, -0.05) is 12.1 Å². The third-order valence-electron chi connectivity index (χ3n) is 3.04. The highest BCUT2D eigenvalue weighted by molar-refractivity contribution is 5.28. The lowest BCUT2D eigenvalue weighted by molar-refractivity contribution is 0.414. The van der Waals surface area contributed by atoms with Gasteiger partial charge in [-0.15, -0.1) is 0 Å². The topological polar surface area (TPSA) is 53.2 Å². The van der Waals surface area contributed by atoms with Crippen LogP contribution in [0, 0.1) is 0 Å². The van der Waals surface area contributed by atoms with Crippen molar-refractivity contribution < 1.29 is 4.74 Å². The average molecular weight is 260 g/mol. The van der Waals surface area contributed by atoms with E-state index in [1.54, 1.807) is 7.11 Å². The van der Waals surface area contributed by atoms with E-state index in [1.807, 2.05) is 24.3 Å². The van der Waals surface area contributed by atoms with Crippen molar-refractivity contribution in [3.63, 3.8) is 0 Å². The van der Waals surface area contributed by atoms with Crippen LogP contribution < -0.4 is 16.0 Å². The number of hydrogen-bond acceptors (Lipinski definition) is 3. The van der Waals surface area contributed by atoms with Crippen molar-refractivity contribution in [1.82, 2.24) is 9.13 Å². The van der Waals surface area contributed by atoms with Crippen LogP contribution in [0.4, 0.5) is 0 Å². The van der Waals surface area contributed by atoms with Crippen LogP contribution in [-0.2, 0) is 20.0 Å². The van der Waals surface area contributed by atoms with Gasteiger partial charge in [-0.25, -0.2) is 4.79 Å². The molecule has 5 heteroatoms. The van der Waals surface area contributed by atoms with E-state index in [0.29, 0.717) is 13.0 Å². The summed E-state index contributed by atoms with van der Waals surface area (Å²) in [6.07, 6.45) is 2.24. The number of nitrogens with zero attached hydrogens (tertiary/aromatic N) is 2. The fourth-order valence-corrected chi connectivity index (χ4v) is 1.86. The van der Waals surface area contributed by atoms with Crippen molar-refractivity contribution in [2.75, 3.05) is 7.11 Å². The second-order valence-electron chi connectivity index (χ2n) is 4.29. The average Bonchev–Trinajstić information content (AvgIpc) is 2.44. The van der Waals surface area contributed by atoms with Gasteiger partial charge in [-0.05, 0) is 24.1 Å². The standard InChI is InChI=1S/C14H16N2O3/c1-15-13(17)7-9-16(14(15)18)8-6-11-4-3-5-12(10-11)19-2/h3-5,7,9-10H,6,8H2,1-2H3. The Hall–Kier alpha value is -2.30. The zero-order valence-corrected chi connectivity index (χ0v) is 11.0. The first-order chi connectivity index (χ1) is 9.11. The molecule has 19 heavy (non-hydrogen) atoms. The van der Waals surface area contributed by atoms with Crippen LogP contribution >= 0.6 is 0 Å². The van der Waals surface area contributed by atoms with Gasteiger partial charge in [0.2, 0.25) is 0 Å². The highest BCUT2D eigenvalue weighted by Crippen LogP contribution is 2.13. The molecule has 1 heterocycles. The van der Waals surface area contributed by atoms with E-state index in [4.69, 9.17) is 4.74 Å². The molecule has 0 radical (unpaired) electrons. The van der Waals surface area contributed by atoms with E-state index in [1.165, 1.54) is 23.9 Å². The molecule has 2 aromatic rings. The van der Waals surface area contributed by atoms with E-state index >= 15 is 0 Å². The number of rotatable bonds is 4. The largest absolute Gasteiger partial charge is 0.497 e. The van der Waals surface area contributed by atoms with Crippen molar-refractivity contribution in [2.45, 2.75) is 13.0 Å². The minimum absolute atomic E-state index is 0.289. The van der Waals surface area contributed by atoms with Gasteiger partial charge in [0, 0.05) is 25.9 Å². The number of aryl methyl sites for hydroxylation is 2. The summed E-state index contributed by atoms with van der Waals surface area (Å²) >= 11 is 0. The van der Waals surface area contributed by atoms with Gasteiger partial charge in [0.05, 0.1) is 7.11 Å². The second kappa shape index (κ2) is 5.56. The number of hydrogen-bond donors (Lipinski definition) is 0. The maximum absolute atomic E-state index is 11.8. The molecule has 0 unspecified atom stereocenters. The molecular formula is C14H16N2O3. The summed E-state index contributed by atoms with van der Waals surface area (Å²) in [7, 11) is 3.10. The lowest BCUT2D eigenvalue weighted by Gasteiger charge is -2.08. The summed E-state index contributed by atoms with van der Waals surface area (Å²) < 4.78 is 7.78. The Kier molecular flexibility index (Phi) is 3.85. The Labute approximate surface area is 110 Å². The van der Waals surface area contributed by atoms with Crippen LogP contribution in [0.3, 0.4) is 0 Å². The van der Waals surface area contributed by atoms with Gasteiger partial charge in [0.15, 0.2) is 0 Å². The number of ether oxygens (including phenoxy) is 1. The van der Waals surface area contributed by atoms with E-state index in [9.17, 15) is 9.59 Å². The van der Waals surface area contributed by atoms with Gasteiger partial charge in [-0.2, -0.15) is 0 Å². The third kappa shape index (κ3) is 2.93. The van der Waals surface area contributed by atoms with Crippen LogP contribution in [0.25, 0.3) is 0 Å². The van der Waals surface area contributed by atoms with Gasteiger partial charge >= 0.3 is 5.69 Å². The van der Waals surface area contributed by atoms with Crippen LogP contribution in [0.15, 0.2) is 46.1 Å². The van der Waals surface area contributed by atoms with Crippen LogP contribution in [0.2, 0.25) is 0 Å². The SMILES string of the molecule is COc1cccc(CCn2ccc(=O)n(C)c2=O)c1. The molecule has 0 saturated heterocycles. The minimum atomic E-state index is -0.296. The molecule has 0 fully saturated rings. The Morgan fingerprint density at radius 1 is 1.21 bits per heavy atom. The predicted octanol–water partition coefficient (Wildman–Crippen LogP) is 0.798. The quantitative estimate of drug-likeness (QED) is 0.817. The minimum Gasteiger partial charge on any atom is -0.497 e. The van der Waals surface area contributed by atoms with E-state index in [0.717, 1.165) is 15.9 Å². The number of aromatic nitrogens is 2. The molecule has 0 bridgehead atoms. The van der Waals surface area contributed by atoms with Gasteiger partial charge < -0.3 is 9.30 Å². The zero-order valence-electron chi connectivity index (χ0n) is 11.0. The molecule has 1 aromatic heterocycles. The molecule has 0 N–H and O–H groups in total. The van der Waals surface area contributed by atoms with E-state index in [2.05, 4.69) is 0 Å². The monoisotopic (exact) mass is 260 g/mol. The maximum atomic E-state index is 11.8. The summed E-state index contributed by atoms with van der Waals surface area (Å²) in [6.45, 7) is 0.528. The van der Waals surface area contributed by atoms with Gasteiger partial charge in [-0.3, -0.25) is 9.36 Å². The van der Waals surface area contributed by atoms with Crippen molar-refractivity contribution >= 4 is 0 Å². The molecule has 0 aliphatic rings. The number of benzene rings is 1. The maximum Gasteiger partial charge on any atom is 0.330 e. The molecular weight excluding hydrogens is 244 g/mol. The first-order valence-corrected chi connectivity index (χ1v) is 6.01. The highest BCUT2D eigenvalue weighted by atomic mass is 16.5. The first-order valence-electron chi connectivity index (χ1n) is 6.01. The van der Waals surface area contributed by atoms with Crippen LogP contribution in [0.1, 0.15) is 5.56 Å². The van der Waals surface area contributed by atoms with Crippen molar-refractivity contribution in [3.05, 3.63) is 62.9 Å². The Balaban J connectivity index is 2.17. The van der Waals surface area contributed by atoms with Crippen molar-refractivity contribution in [2.24, 2.45) is 7.05 Å². The molecule has 2 rings (SSSR count). The molecule has 0 aliphatic heterocycles. The van der Waals surface area contributed by atoms with Crippen LogP contribution in [0.5, 0.6) is 5.75 Å². The Morgan fingerprint density at radius 3 is 2.74 bits per heavy atom. The van der Waals surface area contributed by atoms with E-state index < -0.39 is 0 Å². The van der Waals surface area contributed by atoms with Crippen LogP contribution in [-0.4, -0.2) is 16.2 Å². The second-order valence-corrected chi connectivity index (χ2v) is 4.29. The third-order valence-corrected chi connectivity index (χ3v) is 3.04. The molecule has 5 nitrogen and oxygen atoms in total. The summed E-state index contributed by atoms with van der Waals surface area (Å²) in [4.78, 5) is 23.1. The predicted molar refractivity (Wildman–Crippen MR) is 72.6 cm³/mol. The van der Waals surface area contributed by atoms with Gasteiger partial charge in [0.1, 0.15) is 5.75 Å². The van der Waals surface area contributed by atoms with Gasteiger partial charge in [0.25, 0.3) is 5.56 Å². The molecule has 1 aromatic carbocycles. The number of methoxy groups -OCH3 is 1. The first kappa shape index (κ1) is 13.1. The van der Waals surface area contributed by atoms with Crippen molar-refractivity contribution in [3.8, 4) is 5.75 Å². The van der Waals surface area contributed by atoms with Crippen molar-refractivity contribution in [1.29, 1.82) is 0 Å². The molecule has 100 valence electrons. The molecule has 0 atom stereocenters. The fourth-order valence-electron chi connectivity index (χ4n) is 1.86. The Bertz CT molecular complexity index is 686. The molecule has 0 amide bonds. The summed E-state index contributed by atoms with van der Waals surface area (Å²) in [6, 6.07) is 9.11. The molecule has 0 spiro atoms. The zero-order chi connectivity index (χ0) is 13.8. The Morgan fingerprint density at radius 2 is 2.00 bits per heavy atom. The summed E-state index contributed by atoms with van der Waals surface area (Å²) in [5, 5.41) is 0. The highest BCUT2D eigenvalue weighted by Gasteiger charge is 2.02. The lowest BCUT2D eigenvalue weighted by Crippen LogP contribution is -2.37. The normalized spacial score (nSPS) is 10.4. The fraction of sp³-hybridized carbons (Fsp3) is 0.286. The summed E-state index contributed by atoms with van der Waals surface area (Å²) in [5.41, 5.74) is 0.498. The smallest absolute Gasteiger partial charge is 0.330 e. The van der Waals surface area contributed by atoms with E-state index in [-0.39, 0.29) is 11.2 Å². The lowest BCUT2D eigenvalue weighted by atomic mass is 10.1. The molecule has 0 aliphatic carbocycles. The molecule has 0 saturated carbocycles. The summed E-state index contributed by atoms with van der Waals surface area (Å²) in [5.74, 6) is 0.797.